The largest absolute Gasteiger partial charge is 0.497 e. The van der Waals surface area contributed by atoms with Gasteiger partial charge in [0.25, 0.3) is 5.91 Å². The number of methoxy groups -OCH3 is 2. The summed E-state index contributed by atoms with van der Waals surface area (Å²) in [5, 5.41) is 7.33. The van der Waals surface area contributed by atoms with E-state index in [0.717, 1.165) is 17.0 Å². The molecule has 0 bridgehead atoms. The van der Waals surface area contributed by atoms with Gasteiger partial charge in [-0.25, -0.2) is 0 Å². The van der Waals surface area contributed by atoms with Crippen molar-refractivity contribution in [3.05, 3.63) is 59.4 Å². The standard InChI is InChI=1S/C22H21N3O6/c1-27-15-4-6-18(28-2)16(9-15)23-22(26)17-8-14-11-29-21(10-25(14)24-17)13-3-5-19-20(7-13)31-12-30-19/h3-9,21H,10-12H2,1-2H3,(H,23,26)/t21-/m0/s1. The van der Waals surface area contributed by atoms with Gasteiger partial charge in [0.15, 0.2) is 17.2 Å². The van der Waals surface area contributed by atoms with Gasteiger partial charge >= 0.3 is 0 Å². The first kappa shape index (κ1) is 19.3. The topological polar surface area (TPSA) is 93.1 Å². The number of benzene rings is 2. The average molecular weight is 423 g/mol. The van der Waals surface area contributed by atoms with E-state index in [2.05, 4.69) is 10.4 Å². The Hall–Kier alpha value is -3.72. The van der Waals surface area contributed by atoms with E-state index in [4.69, 9.17) is 23.7 Å². The molecular weight excluding hydrogens is 402 g/mol. The molecule has 5 rings (SSSR count). The number of amides is 1. The number of aromatic nitrogens is 2. The number of fused-ring (bicyclic) bond motifs is 2. The Labute approximate surface area is 178 Å². The van der Waals surface area contributed by atoms with Crippen LogP contribution in [0.3, 0.4) is 0 Å². The van der Waals surface area contributed by atoms with Crippen LogP contribution < -0.4 is 24.3 Å². The Kier molecular flexibility index (Phi) is 4.87. The van der Waals surface area contributed by atoms with Gasteiger partial charge in [-0.15, -0.1) is 0 Å². The molecule has 1 aromatic heterocycles. The summed E-state index contributed by atoms with van der Waals surface area (Å²) in [7, 11) is 3.10. The fraction of sp³-hybridized carbons (Fsp3) is 0.273. The minimum absolute atomic E-state index is 0.198. The number of carbonyl (C=O) groups is 1. The molecule has 0 unspecified atom stereocenters. The summed E-state index contributed by atoms with van der Waals surface area (Å²) in [5.74, 6) is 2.24. The molecule has 0 saturated heterocycles. The highest BCUT2D eigenvalue weighted by Crippen LogP contribution is 2.36. The van der Waals surface area contributed by atoms with Crippen LogP contribution in [0.25, 0.3) is 0 Å². The van der Waals surface area contributed by atoms with E-state index in [-0.39, 0.29) is 18.8 Å². The van der Waals surface area contributed by atoms with Crippen molar-refractivity contribution in [3.8, 4) is 23.0 Å². The molecule has 0 fully saturated rings. The van der Waals surface area contributed by atoms with Gasteiger partial charge in [-0.2, -0.15) is 5.10 Å². The first-order valence-electron chi connectivity index (χ1n) is 9.76. The molecule has 0 spiro atoms. The molecule has 3 heterocycles. The van der Waals surface area contributed by atoms with E-state index >= 15 is 0 Å². The van der Waals surface area contributed by atoms with Crippen LogP contribution in [0.5, 0.6) is 23.0 Å². The number of nitrogens with one attached hydrogen (secondary N) is 1. The molecule has 9 nitrogen and oxygen atoms in total. The monoisotopic (exact) mass is 423 g/mol. The summed E-state index contributed by atoms with van der Waals surface area (Å²) in [6.07, 6.45) is -0.198. The fourth-order valence-electron chi connectivity index (χ4n) is 3.65. The van der Waals surface area contributed by atoms with Crippen molar-refractivity contribution in [1.82, 2.24) is 9.78 Å². The van der Waals surface area contributed by atoms with E-state index in [1.54, 1.807) is 43.2 Å². The van der Waals surface area contributed by atoms with Crippen LogP contribution in [0.4, 0.5) is 5.69 Å². The lowest BCUT2D eigenvalue weighted by atomic mass is 10.1. The third-order valence-corrected chi connectivity index (χ3v) is 5.29. The molecule has 2 aliphatic heterocycles. The highest BCUT2D eigenvalue weighted by molar-refractivity contribution is 6.03. The number of hydrogen-bond donors (Lipinski definition) is 1. The SMILES string of the molecule is COc1ccc(OC)c(NC(=O)c2cc3n(n2)C[C@@H](c2ccc4c(c2)OCO4)OC3)c1. The molecule has 31 heavy (non-hydrogen) atoms. The van der Waals surface area contributed by atoms with Crippen molar-refractivity contribution in [2.24, 2.45) is 0 Å². The Morgan fingerprint density at radius 1 is 1.10 bits per heavy atom. The van der Waals surface area contributed by atoms with Crippen molar-refractivity contribution < 1.29 is 28.5 Å². The summed E-state index contributed by atoms with van der Waals surface area (Å²) in [6, 6.07) is 12.7. The lowest BCUT2D eigenvalue weighted by molar-refractivity contribution is -0.00127. The first-order chi connectivity index (χ1) is 15.1. The van der Waals surface area contributed by atoms with Gasteiger partial charge in [0.1, 0.15) is 17.6 Å². The van der Waals surface area contributed by atoms with Crippen molar-refractivity contribution in [1.29, 1.82) is 0 Å². The zero-order chi connectivity index (χ0) is 21.4. The number of anilines is 1. The highest BCUT2D eigenvalue weighted by atomic mass is 16.7. The van der Waals surface area contributed by atoms with Crippen molar-refractivity contribution in [2.45, 2.75) is 19.3 Å². The molecule has 2 aliphatic rings. The first-order valence-corrected chi connectivity index (χ1v) is 9.76. The second-order valence-electron chi connectivity index (χ2n) is 7.14. The third kappa shape index (κ3) is 3.64. The number of nitrogens with zero attached hydrogens (tertiary/aromatic N) is 2. The van der Waals surface area contributed by atoms with E-state index in [0.29, 0.717) is 41.8 Å². The Morgan fingerprint density at radius 3 is 2.81 bits per heavy atom. The molecule has 0 saturated carbocycles. The van der Waals surface area contributed by atoms with Gasteiger partial charge < -0.3 is 29.0 Å². The summed E-state index contributed by atoms with van der Waals surface area (Å²) in [6.45, 7) is 1.07. The number of ether oxygens (including phenoxy) is 5. The summed E-state index contributed by atoms with van der Waals surface area (Å²) in [4.78, 5) is 12.8. The molecule has 0 radical (unpaired) electrons. The van der Waals surface area contributed by atoms with Crippen LogP contribution >= 0.6 is 0 Å². The van der Waals surface area contributed by atoms with Gasteiger partial charge in [-0.1, -0.05) is 6.07 Å². The Morgan fingerprint density at radius 2 is 1.97 bits per heavy atom. The van der Waals surface area contributed by atoms with Gasteiger partial charge in [0.2, 0.25) is 6.79 Å². The molecule has 1 atom stereocenters. The second-order valence-corrected chi connectivity index (χ2v) is 7.14. The maximum absolute atomic E-state index is 12.8. The van der Waals surface area contributed by atoms with E-state index in [9.17, 15) is 4.79 Å². The van der Waals surface area contributed by atoms with Crippen LogP contribution in [0.15, 0.2) is 42.5 Å². The van der Waals surface area contributed by atoms with Gasteiger partial charge in [0, 0.05) is 6.07 Å². The van der Waals surface area contributed by atoms with Crippen LogP contribution in [0.1, 0.15) is 27.8 Å². The molecule has 2 aromatic carbocycles. The zero-order valence-corrected chi connectivity index (χ0v) is 17.1. The highest BCUT2D eigenvalue weighted by Gasteiger charge is 2.26. The molecule has 160 valence electrons. The van der Waals surface area contributed by atoms with Crippen molar-refractivity contribution >= 4 is 11.6 Å². The Bertz CT molecular complexity index is 1140. The van der Waals surface area contributed by atoms with Gasteiger partial charge in [-0.05, 0) is 35.9 Å². The van der Waals surface area contributed by atoms with E-state index in [1.807, 2.05) is 18.2 Å². The second kappa shape index (κ2) is 7.84. The predicted octanol–water partition coefficient (Wildman–Crippen LogP) is 3.15. The number of rotatable bonds is 5. The van der Waals surface area contributed by atoms with Crippen LogP contribution in [0, 0.1) is 0 Å². The summed E-state index contributed by atoms with van der Waals surface area (Å²) in [5.41, 5.74) is 2.61. The van der Waals surface area contributed by atoms with Gasteiger partial charge in [-0.3, -0.25) is 9.48 Å². The third-order valence-electron chi connectivity index (χ3n) is 5.29. The van der Waals surface area contributed by atoms with Crippen molar-refractivity contribution in [2.75, 3.05) is 26.3 Å². The quantitative estimate of drug-likeness (QED) is 0.674. The zero-order valence-electron chi connectivity index (χ0n) is 17.1. The number of carbonyl (C=O) groups excluding carboxylic acids is 1. The lowest BCUT2D eigenvalue weighted by Gasteiger charge is -2.24. The molecule has 3 aromatic rings. The predicted molar refractivity (Wildman–Crippen MR) is 110 cm³/mol. The molecule has 0 aliphatic carbocycles. The summed E-state index contributed by atoms with van der Waals surface area (Å²) < 4.78 is 29.2. The number of hydrogen-bond acceptors (Lipinski definition) is 7. The molecule has 1 amide bonds. The van der Waals surface area contributed by atoms with E-state index < -0.39 is 0 Å². The van der Waals surface area contributed by atoms with Gasteiger partial charge in [0.05, 0.1) is 38.8 Å². The minimum Gasteiger partial charge on any atom is -0.497 e. The lowest BCUT2D eigenvalue weighted by Crippen LogP contribution is -2.22. The average Bonchev–Trinajstić information content (AvgIpc) is 3.44. The molecular formula is C22H21N3O6. The fourth-order valence-corrected chi connectivity index (χ4v) is 3.65. The van der Waals surface area contributed by atoms with E-state index in [1.165, 1.54) is 0 Å². The Balaban J connectivity index is 1.33. The minimum atomic E-state index is -0.340. The maximum atomic E-state index is 12.8. The smallest absolute Gasteiger partial charge is 0.276 e. The van der Waals surface area contributed by atoms with Crippen LogP contribution in [0.2, 0.25) is 0 Å². The van der Waals surface area contributed by atoms with Crippen LogP contribution in [-0.4, -0.2) is 36.7 Å². The normalized spacial score (nSPS) is 16.5. The maximum Gasteiger partial charge on any atom is 0.276 e. The molecule has 1 N–H and O–H groups in total. The van der Waals surface area contributed by atoms with Crippen molar-refractivity contribution in [3.63, 3.8) is 0 Å². The molecule has 9 heteroatoms. The summed E-state index contributed by atoms with van der Waals surface area (Å²) >= 11 is 0. The van der Waals surface area contributed by atoms with Crippen LogP contribution in [-0.2, 0) is 17.9 Å².